The molecule has 0 unspecified atom stereocenters. The van der Waals surface area contributed by atoms with E-state index in [-0.39, 0.29) is 28.4 Å². The van der Waals surface area contributed by atoms with E-state index in [1.54, 1.807) is 18.7 Å². The number of imidazole rings is 1. The van der Waals surface area contributed by atoms with Crippen molar-refractivity contribution in [1.82, 2.24) is 29.3 Å². The first-order valence-corrected chi connectivity index (χ1v) is 9.95. The summed E-state index contributed by atoms with van der Waals surface area (Å²) in [7, 11) is 0. The van der Waals surface area contributed by atoms with Gasteiger partial charge in [-0.15, -0.1) is 10.2 Å². The topological polar surface area (TPSA) is 129 Å². The SMILES string of the molecule is C[C@H]1COc2c(NCCCn3ccnc3)c(F)c(N)c3c(=O)c(-c4nnc[nH]4)cn1c23. The predicted molar refractivity (Wildman–Crippen MR) is 113 cm³/mol. The molecule has 5 rings (SSSR count). The van der Waals surface area contributed by atoms with Gasteiger partial charge in [0.15, 0.2) is 17.4 Å². The zero-order valence-electron chi connectivity index (χ0n) is 16.8. The summed E-state index contributed by atoms with van der Waals surface area (Å²) in [5, 5.41) is 10.9. The van der Waals surface area contributed by atoms with E-state index in [1.165, 1.54) is 6.33 Å². The third kappa shape index (κ3) is 3.09. The van der Waals surface area contributed by atoms with Crippen LogP contribution in [0.2, 0.25) is 0 Å². The van der Waals surface area contributed by atoms with Crippen LogP contribution in [0.3, 0.4) is 0 Å². The van der Waals surface area contributed by atoms with E-state index in [2.05, 4.69) is 25.5 Å². The standard InChI is InChI=1S/C20H21FN8O2/c1-11-8-31-19-16(24-3-2-5-28-6-4-23-10-28)14(21)15(22)13-17(19)29(11)7-12(18(13)30)20-25-9-26-27-20/h4,6-7,9-11,24H,2-3,5,8,22H2,1H3,(H,25,26,27)/t11-/m0/s1. The fourth-order valence-electron chi connectivity index (χ4n) is 3.91. The highest BCUT2D eigenvalue weighted by Gasteiger charge is 2.30. The smallest absolute Gasteiger partial charge is 0.202 e. The number of halogens is 1. The first-order valence-electron chi connectivity index (χ1n) is 9.95. The molecule has 1 aliphatic rings. The number of rotatable bonds is 6. The number of H-pyrrole nitrogens is 1. The van der Waals surface area contributed by atoms with Crippen molar-refractivity contribution in [3.05, 3.63) is 47.3 Å². The van der Waals surface area contributed by atoms with Gasteiger partial charge in [-0.2, -0.15) is 0 Å². The monoisotopic (exact) mass is 424 g/mol. The molecule has 0 saturated carbocycles. The summed E-state index contributed by atoms with van der Waals surface area (Å²) in [6.45, 7) is 3.51. The van der Waals surface area contributed by atoms with Crippen molar-refractivity contribution in [1.29, 1.82) is 0 Å². The molecule has 1 aromatic carbocycles. The zero-order valence-corrected chi connectivity index (χ0v) is 16.8. The molecule has 0 bridgehead atoms. The highest BCUT2D eigenvalue weighted by atomic mass is 19.1. The van der Waals surface area contributed by atoms with Gasteiger partial charge in [-0.1, -0.05) is 0 Å². The van der Waals surface area contributed by atoms with Crippen molar-refractivity contribution in [3.8, 4) is 17.1 Å². The van der Waals surface area contributed by atoms with Gasteiger partial charge >= 0.3 is 0 Å². The Kier molecular flexibility index (Phi) is 4.57. The Morgan fingerprint density at radius 2 is 2.32 bits per heavy atom. The lowest BCUT2D eigenvalue weighted by molar-refractivity contribution is 0.248. The minimum atomic E-state index is -0.696. The number of aryl methyl sites for hydroxylation is 1. The van der Waals surface area contributed by atoms with Crippen LogP contribution in [0.4, 0.5) is 15.8 Å². The highest BCUT2D eigenvalue weighted by molar-refractivity contribution is 6.01. The molecule has 160 valence electrons. The number of aromatic nitrogens is 6. The van der Waals surface area contributed by atoms with Crippen molar-refractivity contribution >= 4 is 22.3 Å². The molecule has 0 spiro atoms. The quantitative estimate of drug-likeness (QED) is 0.320. The maximum Gasteiger partial charge on any atom is 0.202 e. The van der Waals surface area contributed by atoms with Crippen molar-refractivity contribution < 1.29 is 9.13 Å². The Labute approximate surface area is 175 Å². The lowest BCUT2D eigenvalue weighted by Gasteiger charge is -2.29. The van der Waals surface area contributed by atoms with Crippen LogP contribution in [-0.2, 0) is 6.54 Å². The van der Waals surface area contributed by atoms with Gasteiger partial charge in [-0.3, -0.25) is 4.79 Å². The van der Waals surface area contributed by atoms with Crippen molar-refractivity contribution in [2.24, 2.45) is 0 Å². The van der Waals surface area contributed by atoms with Crippen LogP contribution >= 0.6 is 0 Å². The zero-order chi connectivity index (χ0) is 21.5. The Morgan fingerprint density at radius 1 is 1.45 bits per heavy atom. The second-order valence-corrected chi connectivity index (χ2v) is 7.51. The van der Waals surface area contributed by atoms with Gasteiger partial charge in [-0.25, -0.2) is 9.37 Å². The molecule has 3 aromatic heterocycles. The molecule has 0 saturated heterocycles. The molecule has 4 N–H and O–H groups in total. The van der Waals surface area contributed by atoms with Crippen molar-refractivity contribution in [3.63, 3.8) is 0 Å². The molecule has 4 heterocycles. The summed E-state index contributed by atoms with van der Waals surface area (Å²) >= 11 is 0. The number of hydrogen-bond donors (Lipinski definition) is 3. The third-order valence-corrected chi connectivity index (χ3v) is 5.47. The van der Waals surface area contributed by atoms with Gasteiger partial charge in [0.1, 0.15) is 18.6 Å². The number of hydrogen-bond acceptors (Lipinski definition) is 7. The van der Waals surface area contributed by atoms with Crippen LogP contribution in [0.1, 0.15) is 19.4 Å². The van der Waals surface area contributed by atoms with Crippen LogP contribution in [0.15, 0.2) is 36.0 Å². The Morgan fingerprint density at radius 3 is 3.06 bits per heavy atom. The highest BCUT2D eigenvalue weighted by Crippen LogP contribution is 2.43. The molecule has 11 heteroatoms. The Hall–Kier alpha value is -3.89. The van der Waals surface area contributed by atoms with Gasteiger partial charge in [0.2, 0.25) is 5.43 Å². The van der Waals surface area contributed by atoms with Crippen LogP contribution in [-0.4, -0.2) is 42.5 Å². The number of nitrogen functional groups attached to an aromatic ring is 1. The average Bonchev–Trinajstić information content (AvgIpc) is 3.47. The molecule has 10 nitrogen and oxygen atoms in total. The first kappa shape index (κ1) is 19.1. The van der Waals surface area contributed by atoms with E-state index < -0.39 is 11.2 Å². The molecule has 1 atom stereocenters. The second-order valence-electron chi connectivity index (χ2n) is 7.51. The van der Waals surface area contributed by atoms with Crippen molar-refractivity contribution in [2.45, 2.75) is 25.9 Å². The van der Waals surface area contributed by atoms with E-state index in [1.807, 2.05) is 22.3 Å². The molecule has 31 heavy (non-hydrogen) atoms. The summed E-state index contributed by atoms with van der Waals surface area (Å²) < 4.78 is 25.0. The average molecular weight is 424 g/mol. The maximum atomic E-state index is 15.3. The number of anilines is 2. The first-order chi connectivity index (χ1) is 15.1. The largest absolute Gasteiger partial charge is 0.487 e. The number of aromatic amines is 1. The third-order valence-electron chi connectivity index (χ3n) is 5.47. The lowest BCUT2D eigenvalue weighted by Crippen LogP contribution is -2.26. The van der Waals surface area contributed by atoms with Gasteiger partial charge in [0.25, 0.3) is 0 Å². The van der Waals surface area contributed by atoms with Crippen LogP contribution < -0.4 is 21.2 Å². The normalized spacial score (nSPS) is 15.2. The number of benzene rings is 1. The molecule has 4 aromatic rings. The summed E-state index contributed by atoms with van der Waals surface area (Å²) in [6, 6.07) is -0.0868. The molecule has 0 aliphatic carbocycles. The maximum absolute atomic E-state index is 15.3. The van der Waals surface area contributed by atoms with Gasteiger partial charge < -0.3 is 29.9 Å². The number of nitrogens with two attached hydrogens (primary N) is 1. The molecule has 0 fully saturated rings. The summed E-state index contributed by atoms with van der Waals surface area (Å²) in [5.41, 5.74) is 6.42. The summed E-state index contributed by atoms with van der Waals surface area (Å²) in [6.07, 6.45) is 9.13. The molecule has 1 aliphatic heterocycles. The van der Waals surface area contributed by atoms with Crippen LogP contribution in [0.5, 0.6) is 5.75 Å². The van der Waals surface area contributed by atoms with E-state index in [0.29, 0.717) is 30.2 Å². The Bertz CT molecular complexity index is 1300. The molecular formula is C20H21FN8O2. The minimum absolute atomic E-state index is 0.0805. The van der Waals surface area contributed by atoms with E-state index in [0.717, 1.165) is 13.0 Å². The number of nitrogens with zero attached hydrogens (tertiary/aromatic N) is 5. The van der Waals surface area contributed by atoms with E-state index >= 15 is 4.39 Å². The fourth-order valence-corrected chi connectivity index (χ4v) is 3.91. The fraction of sp³-hybridized carbons (Fsp3) is 0.300. The summed E-state index contributed by atoms with van der Waals surface area (Å²) in [4.78, 5) is 20.1. The number of pyridine rings is 1. The molecule has 0 amide bonds. The van der Waals surface area contributed by atoms with E-state index in [9.17, 15) is 4.79 Å². The van der Waals surface area contributed by atoms with Gasteiger partial charge in [0.05, 0.1) is 34.5 Å². The minimum Gasteiger partial charge on any atom is -0.487 e. The van der Waals surface area contributed by atoms with Gasteiger partial charge in [0, 0.05) is 31.7 Å². The van der Waals surface area contributed by atoms with Crippen LogP contribution in [0.25, 0.3) is 22.3 Å². The van der Waals surface area contributed by atoms with Crippen molar-refractivity contribution in [2.75, 3.05) is 24.2 Å². The van der Waals surface area contributed by atoms with Crippen LogP contribution in [0, 0.1) is 5.82 Å². The van der Waals surface area contributed by atoms with Gasteiger partial charge in [-0.05, 0) is 13.3 Å². The van der Waals surface area contributed by atoms with E-state index in [4.69, 9.17) is 10.5 Å². The number of nitrogens with one attached hydrogen (secondary N) is 2. The summed E-state index contributed by atoms with van der Waals surface area (Å²) in [5.74, 6) is -0.0980. The molecule has 0 radical (unpaired) electrons. The molecular weight excluding hydrogens is 403 g/mol. The second kappa shape index (κ2) is 7.42. The Balaban J connectivity index is 1.60. The lowest BCUT2D eigenvalue weighted by atomic mass is 10.0. The number of ether oxygens (including phenoxy) is 1. The predicted octanol–water partition coefficient (Wildman–Crippen LogP) is 2.16.